The fourth-order valence-electron chi connectivity index (χ4n) is 5.33. The van der Waals surface area contributed by atoms with Crippen LogP contribution in [0.3, 0.4) is 0 Å². The first-order chi connectivity index (χ1) is 20.3. The largest absolute Gasteiger partial charge is 0.394 e. The van der Waals surface area contributed by atoms with Crippen LogP contribution in [0.5, 0.6) is 0 Å². The van der Waals surface area contributed by atoms with Gasteiger partial charge in [0.1, 0.15) is 24.4 Å². The van der Waals surface area contributed by atoms with Crippen molar-refractivity contribution in [2.24, 2.45) is 0 Å². The molecular formula is C33H39NO7Si. The summed E-state index contributed by atoms with van der Waals surface area (Å²) in [4.78, 5) is 28.8. The first-order valence-electron chi connectivity index (χ1n) is 14.4. The first-order valence-corrected chi connectivity index (χ1v) is 18.1. The quantitative estimate of drug-likeness (QED) is 0.237. The van der Waals surface area contributed by atoms with Crippen molar-refractivity contribution in [2.45, 2.75) is 69.5 Å². The molecule has 8 nitrogen and oxygen atoms in total. The van der Waals surface area contributed by atoms with E-state index in [4.69, 9.17) is 18.9 Å². The van der Waals surface area contributed by atoms with E-state index < -0.39 is 50.5 Å². The second-order valence-electron chi connectivity index (χ2n) is 11.9. The molecule has 2 aliphatic heterocycles. The van der Waals surface area contributed by atoms with Crippen LogP contribution in [0.1, 0.15) is 31.8 Å². The number of nitrogens with zero attached hydrogens (tertiary/aromatic N) is 1. The van der Waals surface area contributed by atoms with Gasteiger partial charge in [0.15, 0.2) is 6.29 Å². The van der Waals surface area contributed by atoms with Crippen molar-refractivity contribution in [3.8, 4) is 0 Å². The predicted octanol–water partition coefficient (Wildman–Crippen LogP) is 4.89. The molecule has 0 bridgehead atoms. The van der Waals surface area contributed by atoms with E-state index in [0.29, 0.717) is 17.7 Å². The summed E-state index contributed by atoms with van der Waals surface area (Å²) in [6.45, 7) is 7.20. The Morgan fingerprint density at radius 2 is 1.24 bits per heavy atom. The topological polar surface area (TPSA) is 94.5 Å². The van der Waals surface area contributed by atoms with Gasteiger partial charge in [0.05, 0.1) is 30.9 Å². The number of aliphatic hydroxyl groups excluding tert-OH is 1. The minimum Gasteiger partial charge on any atom is -0.394 e. The summed E-state index contributed by atoms with van der Waals surface area (Å²) < 4.78 is 25.6. The molecule has 2 aliphatic rings. The molecule has 9 heteroatoms. The third-order valence-corrected chi connectivity index (χ3v) is 9.33. The SMILES string of the molecule is C[Si](C)(C)CCO[C@@H]1O[C@H](CO)[C@@H](OCc2ccccc2)[C@H](OCc2ccccc2)[C@H]1N1C(=O)c2ccccc2C1=O. The second-order valence-corrected chi connectivity index (χ2v) is 17.6. The van der Waals surface area contributed by atoms with Crippen molar-refractivity contribution in [2.75, 3.05) is 13.2 Å². The van der Waals surface area contributed by atoms with Gasteiger partial charge in [-0.2, -0.15) is 0 Å². The molecular weight excluding hydrogens is 550 g/mol. The molecule has 3 aromatic rings. The van der Waals surface area contributed by atoms with Crippen molar-refractivity contribution in [3.05, 3.63) is 107 Å². The van der Waals surface area contributed by atoms with Gasteiger partial charge in [-0.15, -0.1) is 0 Å². The number of carbonyl (C=O) groups is 2. The van der Waals surface area contributed by atoms with E-state index in [9.17, 15) is 14.7 Å². The zero-order valence-electron chi connectivity index (χ0n) is 24.3. The Bertz CT molecular complexity index is 1310. The fraction of sp³-hybridized carbons (Fsp3) is 0.394. The van der Waals surface area contributed by atoms with Crippen LogP contribution in [0.15, 0.2) is 84.9 Å². The lowest BCUT2D eigenvalue weighted by atomic mass is 9.94. The van der Waals surface area contributed by atoms with Crippen LogP contribution in [0.25, 0.3) is 0 Å². The van der Waals surface area contributed by atoms with E-state index in [1.165, 1.54) is 4.90 Å². The number of imide groups is 1. The molecule has 1 N–H and O–H groups in total. The number of ether oxygens (including phenoxy) is 4. The number of benzene rings is 3. The number of aliphatic hydroxyl groups is 1. The van der Waals surface area contributed by atoms with E-state index in [0.717, 1.165) is 17.2 Å². The first kappa shape index (κ1) is 30.3. The number of rotatable bonds is 12. The van der Waals surface area contributed by atoms with Crippen LogP contribution >= 0.6 is 0 Å². The zero-order chi connectivity index (χ0) is 29.7. The van der Waals surface area contributed by atoms with Gasteiger partial charge in [-0.05, 0) is 29.3 Å². The summed E-state index contributed by atoms with van der Waals surface area (Å²) in [5, 5.41) is 10.5. The Morgan fingerprint density at radius 1 is 0.738 bits per heavy atom. The maximum absolute atomic E-state index is 13.8. The minimum absolute atomic E-state index is 0.205. The number of amides is 2. The lowest BCUT2D eigenvalue weighted by Crippen LogP contribution is -2.67. The second kappa shape index (κ2) is 13.4. The normalized spacial score (nSPS) is 24.2. The molecule has 1 saturated heterocycles. The lowest BCUT2D eigenvalue weighted by Gasteiger charge is -2.48. The highest BCUT2D eigenvalue weighted by Crippen LogP contribution is 2.36. The van der Waals surface area contributed by atoms with Gasteiger partial charge in [-0.3, -0.25) is 14.5 Å². The molecule has 0 radical (unpaired) electrons. The summed E-state index contributed by atoms with van der Waals surface area (Å²) in [6, 6.07) is 26.0. The third kappa shape index (κ3) is 6.89. The number of hydrogen-bond acceptors (Lipinski definition) is 7. The van der Waals surface area contributed by atoms with Crippen LogP contribution in [0.2, 0.25) is 25.7 Å². The molecule has 5 rings (SSSR count). The van der Waals surface area contributed by atoms with Gasteiger partial charge in [-0.1, -0.05) is 92.4 Å². The molecule has 2 heterocycles. The van der Waals surface area contributed by atoms with Crippen molar-refractivity contribution in [1.29, 1.82) is 0 Å². The van der Waals surface area contributed by atoms with E-state index in [-0.39, 0.29) is 19.8 Å². The van der Waals surface area contributed by atoms with Gasteiger partial charge in [0, 0.05) is 14.7 Å². The van der Waals surface area contributed by atoms with Gasteiger partial charge >= 0.3 is 0 Å². The van der Waals surface area contributed by atoms with Crippen molar-refractivity contribution in [3.63, 3.8) is 0 Å². The fourth-order valence-corrected chi connectivity index (χ4v) is 6.06. The highest BCUT2D eigenvalue weighted by molar-refractivity contribution is 6.76. The molecule has 5 atom stereocenters. The van der Waals surface area contributed by atoms with Gasteiger partial charge in [0.25, 0.3) is 11.8 Å². The van der Waals surface area contributed by atoms with Gasteiger partial charge < -0.3 is 24.1 Å². The van der Waals surface area contributed by atoms with E-state index in [2.05, 4.69) is 19.6 Å². The van der Waals surface area contributed by atoms with Crippen LogP contribution in [0, 0.1) is 0 Å². The number of fused-ring (bicyclic) bond motifs is 1. The van der Waals surface area contributed by atoms with Crippen molar-refractivity contribution < 1.29 is 33.6 Å². The van der Waals surface area contributed by atoms with E-state index in [1.54, 1.807) is 24.3 Å². The average molecular weight is 590 g/mol. The van der Waals surface area contributed by atoms with Crippen LogP contribution < -0.4 is 0 Å². The molecule has 0 aromatic heterocycles. The molecule has 2 amide bonds. The van der Waals surface area contributed by atoms with E-state index >= 15 is 0 Å². The number of carbonyl (C=O) groups excluding carboxylic acids is 2. The highest BCUT2D eigenvalue weighted by atomic mass is 28.3. The van der Waals surface area contributed by atoms with Crippen LogP contribution in [-0.2, 0) is 32.2 Å². The number of hydrogen-bond donors (Lipinski definition) is 1. The lowest BCUT2D eigenvalue weighted by molar-refractivity contribution is -0.295. The molecule has 3 aromatic carbocycles. The summed E-state index contributed by atoms with van der Waals surface area (Å²) >= 11 is 0. The summed E-state index contributed by atoms with van der Waals surface area (Å²) in [5.74, 6) is -0.860. The van der Waals surface area contributed by atoms with Crippen LogP contribution in [0.4, 0.5) is 0 Å². The van der Waals surface area contributed by atoms with Crippen LogP contribution in [-0.4, -0.2) is 73.8 Å². The zero-order valence-corrected chi connectivity index (χ0v) is 25.3. The predicted molar refractivity (Wildman–Crippen MR) is 161 cm³/mol. The van der Waals surface area contributed by atoms with Gasteiger partial charge in [-0.25, -0.2) is 0 Å². The third-order valence-electron chi connectivity index (χ3n) is 7.62. The molecule has 0 saturated carbocycles. The highest BCUT2D eigenvalue weighted by Gasteiger charge is 2.55. The standard InChI is InChI=1S/C33H39NO7Si/c1-42(2,3)19-18-38-33-28(34-31(36)25-16-10-11-17-26(25)32(34)37)30(40-22-24-14-8-5-9-15-24)29(27(20-35)41-33)39-21-23-12-6-4-7-13-23/h4-17,27-30,33,35H,18-22H2,1-3H3/t27-,28-,29-,30-,33-/m1/s1. The van der Waals surface area contributed by atoms with E-state index in [1.807, 2.05) is 60.7 Å². The summed E-state index contributed by atoms with van der Waals surface area (Å²) in [5.41, 5.74) is 2.51. The van der Waals surface area contributed by atoms with Crippen molar-refractivity contribution >= 4 is 19.9 Å². The monoisotopic (exact) mass is 589 g/mol. The summed E-state index contributed by atoms with van der Waals surface area (Å²) in [6.07, 6.45) is -3.47. The molecule has 0 spiro atoms. The molecule has 42 heavy (non-hydrogen) atoms. The molecule has 0 aliphatic carbocycles. The molecule has 1 fully saturated rings. The molecule has 0 unspecified atom stereocenters. The Morgan fingerprint density at radius 3 is 1.74 bits per heavy atom. The Labute approximate surface area is 248 Å². The minimum atomic E-state index is -1.47. The summed E-state index contributed by atoms with van der Waals surface area (Å²) in [7, 11) is -1.47. The maximum Gasteiger partial charge on any atom is 0.262 e. The van der Waals surface area contributed by atoms with Gasteiger partial charge in [0.2, 0.25) is 0 Å². The molecule has 222 valence electrons. The Balaban J connectivity index is 1.52. The Kier molecular flexibility index (Phi) is 9.67. The Hall–Kier alpha value is -3.18. The van der Waals surface area contributed by atoms with Crippen molar-refractivity contribution in [1.82, 2.24) is 4.90 Å². The smallest absolute Gasteiger partial charge is 0.262 e. The maximum atomic E-state index is 13.8. The average Bonchev–Trinajstić information content (AvgIpc) is 3.24.